The molecule has 6 heteroatoms. The number of fused-ring (bicyclic) bond motifs is 13. The van der Waals surface area contributed by atoms with E-state index in [-0.39, 0.29) is 16.2 Å². The van der Waals surface area contributed by atoms with Crippen LogP contribution in [0.4, 0.5) is 34.1 Å². The zero-order valence-corrected chi connectivity index (χ0v) is 55.1. The van der Waals surface area contributed by atoms with Crippen LogP contribution in [0.2, 0.25) is 5.02 Å². The van der Waals surface area contributed by atoms with E-state index in [1.54, 1.807) is 0 Å². The number of anilines is 6. The van der Waals surface area contributed by atoms with E-state index < -0.39 is 13.5 Å². The summed E-state index contributed by atoms with van der Waals surface area (Å²) >= 11 is 10.8. The summed E-state index contributed by atoms with van der Waals surface area (Å²) < 4.78 is 7.19. The highest BCUT2D eigenvalue weighted by atomic mass is 35.5. The number of nitrogens with zero attached hydrogens (tertiary/aromatic N) is 2. The van der Waals surface area contributed by atoms with E-state index in [1.165, 1.54) is 80.6 Å². The summed E-state index contributed by atoms with van der Waals surface area (Å²) in [6.45, 7) is 16.6. The first-order chi connectivity index (χ1) is 44.2. The lowest BCUT2D eigenvalue weighted by molar-refractivity contribution is 0.332. The number of hydrogen-bond acceptors (Lipinski definition) is 4. The van der Waals surface area contributed by atoms with Gasteiger partial charge < -0.3 is 14.2 Å². The maximum absolute atomic E-state index is 8.96. The minimum atomic E-state index is -3.39. The molecule has 1 spiro atoms. The molecular formula is C85H71ClN2OSSi. The Morgan fingerprint density at radius 1 is 0.407 bits per heavy atom. The average molecular weight is 1230 g/mol. The van der Waals surface area contributed by atoms with E-state index in [0.717, 1.165) is 68.9 Å². The van der Waals surface area contributed by atoms with Crippen LogP contribution in [0.15, 0.2) is 293 Å². The van der Waals surface area contributed by atoms with Crippen molar-refractivity contribution in [3.05, 3.63) is 323 Å². The SMILES string of the molecule is CC(C)(C)c1ccc(N(c2cc([Si](c3ccccc3)(c3ccccc3)c3ccccc3)cc(N(c3ccc4c(c3)C(C)(C)CCC4(C)C)c3cccc4c3oc3ccccc34)c2Cl)c2cccc3c2-c2ccccc2C32c3ccccc3Sc3ccccc32)cc1. The highest BCUT2D eigenvalue weighted by molar-refractivity contribution is 7.99. The van der Waals surface area contributed by atoms with E-state index in [9.17, 15) is 0 Å². The van der Waals surface area contributed by atoms with Crippen molar-refractivity contribution in [3.63, 3.8) is 0 Å². The fourth-order valence-corrected chi connectivity index (χ4v) is 22.1. The van der Waals surface area contributed by atoms with Crippen LogP contribution in [-0.2, 0) is 21.7 Å². The van der Waals surface area contributed by atoms with E-state index in [1.807, 2.05) is 11.8 Å². The molecule has 12 aromatic carbocycles. The zero-order valence-electron chi connectivity index (χ0n) is 52.6. The van der Waals surface area contributed by atoms with Crippen LogP contribution in [-0.4, -0.2) is 8.07 Å². The number of furan rings is 1. The highest BCUT2D eigenvalue weighted by Gasteiger charge is 2.52. The minimum Gasteiger partial charge on any atom is -0.454 e. The Labute approximate surface area is 545 Å². The van der Waals surface area contributed by atoms with Crippen molar-refractivity contribution in [3.8, 4) is 11.1 Å². The molecule has 0 atom stereocenters. The Bertz CT molecular complexity index is 4850. The fraction of sp³-hybridized carbons (Fsp3) is 0.153. The maximum atomic E-state index is 8.96. The lowest BCUT2D eigenvalue weighted by Crippen LogP contribution is -2.74. The predicted molar refractivity (Wildman–Crippen MR) is 387 cm³/mol. The van der Waals surface area contributed by atoms with Crippen molar-refractivity contribution in [2.75, 3.05) is 9.80 Å². The van der Waals surface area contributed by atoms with Gasteiger partial charge >= 0.3 is 0 Å². The molecule has 0 fully saturated rings. The molecule has 0 unspecified atom stereocenters. The third kappa shape index (κ3) is 8.82. The largest absolute Gasteiger partial charge is 0.454 e. The third-order valence-electron chi connectivity index (χ3n) is 20.4. The van der Waals surface area contributed by atoms with Crippen LogP contribution in [0.3, 0.4) is 0 Å². The summed E-state index contributed by atoms with van der Waals surface area (Å²) in [5.74, 6) is 0. The lowest BCUT2D eigenvalue weighted by atomic mass is 9.63. The van der Waals surface area contributed by atoms with Crippen LogP contribution in [0.1, 0.15) is 100 Å². The second-order valence-corrected chi connectivity index (χ2v) is 32.8. The Morgan fingerprint density at radius 3 is 1.51 bits per heavy atom. The second-order valence-electron chi connectivity index (χ2n) is 27.5. The summed E-state index contributed by atoms with van der Waals surface area (Å²) in [5, 5.41) is 7.69. The van der Waals surface area contributed by atoms with Crippen molar-refractivity contribution in [1.82, 2.24) is 0 Å². The van der Waals surface area contributed by atoms with Gasteiger partial charge in [0.25, 0.3) is 0 Å². The molecule has 0 saturated carbocycles. The van der Waals surface area contributed by atoms with E-state index in [4.69, 9.17) is 16.0 Å². The smallest absolute Gasteiger partial charge is 0.179 e. The van der Waals surface area contributed by atoms with Crippen molar-refractivity contribution >= 4 is 108 Å². The van der Waals surface area contributed by atoms with Crippen molar-refractivity contribution in [1.29, 1.82) is 0 Å². The van der Waals surface area contributed by atoms with E-state index >= 15 is 0 Å². The Kier molecular flexibility index (Phi) is 13.5. The molecular weight excluding hydrogens is 1160 g/mol. The highest BCUT2D eigenvalue weighted by Crippen LogP contribution is 2.65. The Balaban J connectivity index is 1.08. The Morgan fingerprint density at radius 2 is 0.890 bits per heavy atom. The van der Waals surface area contributed by atoms with E-state index in [2.05, 4.69) is 337 Å². The number of benzene rings is 12. The van der Waals surface area contributed by atoms with Gasteiger partial charge in [0.15, 0.2) is 13.7 Å². The van der Waals surface area contributed by atoms with Gasteiger partial charge in [0, 0.05) is 37.5 Å². The van der Waals surface area contributed by atoms with Gasteiger partial charge in [0.2, 0.25) is 0 Å². The first kappa shape index (κ1) is 57.1. The summed E-state index contributed by atoms with van der Waals surface area (Å²) in [4.78, 5) is 7.50. The van der Waals surface area contributed by atoms with Crippen LogP contribution >= 0.6 is 23.4 Å². The number of para-hydroxylation sites is 2. The van der Waals surface area contributed by atoms with Gasteiger partial charge in [0.05, 0.1) is 33.2 Å². The fourth-order valence-electron chi connectivity index (χ4n) is 15.8. The monoisotopic (exact) mass is 1230 g/mol. The normalized spacial score (nSPS) is 14.9. The zero-order chi connectivity index (χ0) is 62.0. The van der Waals surface area contributed by atoms with Gasteiger partial charge in [-0.2, -0.15) is 0 Å². The van der Waals surface area contributed by atoms with Crippen LogP contribution in [0.25, 0.3) is 33.1 Å². The molecule has 0 bridgehead atoms. The molecule has 91 heavy (non-hydrogen) atoms. The van der Waals surface area contributed by atoms with Crippen LogP contribution in [0.5, 0.6) is 0 Å². The summed E-state index contributed by atoms with van der Waals surface area (Å²) in [5.41, 5.74) is 18.0. The summed E-state index contributed by atoms with van der Waals surface area (Å²) in [7, 11) is -3.39. The number of hydrogen-bond donors (Lipinski definition) is 0. The van der Waals surface area contributed by atoms with Gasteiger partial charge in [-0.25, -0.2) is 0 Å². The van der Waals surface area contributed by atoms with Crippen LogP contribution < -0.4 is 30.5 Å². The predicted octanol–water partition coefficient (Wildman–Crippen LogP) is 21.0. The average Bonchev–Trinajstić information content (AvgIpc) is 1.54. The quantitative estimate of drug-likeness (QED) is 0.100. The molecule has 0 radical (unpaired) electrons. The first-order valence-electron chi connectivity index (χ1n) is 32.0. The summed E-state index contributed by atoms with van der Waals surface area (Å²) in [6.07, 6.45) is 2.18. The molecule has 3 nitrogen and oxygen atoms in total. The van der Waals surface area contributed by atoms with Crippen molar-refractivity contribution in [2.24, 2.45) is 0 Å². The molecule has 3 aliphatic rings. The van der Waals surface area contributed by atoms with Crippen molar-refractivity contribution < 1.29 is 4.42 Å². The third-order valence-corrected chi connectivity index (χ3v) is 26.7. The number of rotatable bonds is 10. The second kappa shape index (κ2) is 21.5. The van der Waals surface area contributed by atoms with Gasteiger partial charge in [-0.1, -0.05) is 284 Å². The number of halogens is 1. The molecule has 0 saturated heterocycles. The molecule has 2 heterocycles. The standard InChI is InChI=1S/C85H71ClN2OSSi/c1-82(2,3)56-45-47-57(48-46-56)87(72-40-26-39-70-79(72)65-34-17-19-36-66(65)85(70)68-37-20-23-43-77(68)90-78-44-24-21-38-69(78)85)74-54-62(91(59-27-11-8-12-28-59,60-29-13-9-14-30-60)61-31-15-10-16-32-61)55-75(80(74)86)88(58-49-50-67-71(53-58)84(6,7)52-51-83(67,4)5)73-41-25-35-64-63-33-18-22-42-76(63)89-81(64)73/h8-50,53-55H,51-52H2,1-7H3. The first-order valence-corrected chi connectivity index (χ1v) is 35.2. The van der Waals surface area contributed by atoms with Gasteiger partial charge in [-0.3, -0.25) is 0 Å². The van der Waals surface area contributed by atoms with Crippen LogP contribution in [0, 0.1) is 0 Å². The topological polar surface area (TPSA) is 19.6 Å². The minimum absolute atomic E-state index is 0.0131. The molecule has 0 amide bonds. The molecule has 2 aliphatic carbocycles. The Hall–Kier alpha value is -9.10. The molecule has 0 N–H and O–H groups in total. The maximum Gasteiger partial charge on any atom is 0.179 e. The van der Waals surface area contributed by atoms with Gasteiger partial charge in [-0.15, -0.1) is 0 Å². The molecule has 1 aliphatic heterocycles. The molecule has 13 aromatic rings. The molecule has 1 aromatic heterocycles. The summed E-state index contributed by atoms with van der Waals surface area (Å²) in [6, 6.07) is 105. The van der Waals surface area contributed by atoms with E-state index in [0.29, 0.717) is 5.02 Å². The molecule has 444 valence electrons. The van der Waals surface area contributed by atoms with Gasteiger partial charge in [0.1, 0.15) is 5.58 Å². The lowest BCUT2D eigenvalue weighted by Gasteiger charge is -2.42. The molecule has 16 rings (SSSR count). The van der Waals surface area contributed by atoms with Crippen molar-refractivity contribution in [2.45, 2.75) is 92.8 Å². The van der Waals surface area contributed by atoms with Gasteiger partial charge in [-0.05, 0) is 161 Å².